The fraction of sp³-hybridized carbons (Fsp3) is 0.0909. The van der Waals surface area contributed by atoms with Crippen molar-refractivity contribution in [1.29, 1.82) is 0 Å². The Labute approximate surface area is 93.2 Å². The lowest BCUT2D eigenvalue weighted by Crippen LogP contribution is -2.18. The van der Waals surface area contributed by atoms with Crippen LogP contribution in [0.3, 0.4) is 0 Å². The maximum atomic E-state index is 11.3. The Balaban J connectivity index is 2.59. The molecule has 1 aliphatic rings. The van der Waals surface area contributed by atoms with Crippen LogP contribution in [-0.4, -0.2) is 9.98 Å². The van der Waals surface area contributed by atoms with Crippen LogP contribution >= 0.6 is 24.8 Å². The zero-order valence-corrected chi connectivity index (χ0v) is 8.90. The fourth-order valence-electron chi connectivity index (χ4n) is 1.59. The molecule has 0 bridgehead atoms. The Morgan fingerprint density at radius 2 is 1.93 bits per heavy atom. The van der Waals surface area contributed by atoms with Gasteiger partial charge >= 0.3 is 0 Å². The molecule has 2 rings (SSSR count). The minimum absolute atomic E-state index is 0.299. The number of allylic oxidation sites excluding steroid dienone is 1. The molecule has 1 aromatic rings. The predicted octanol–water partition coefficient (Wildman–Crippen LogP) is 2.89. The van der Waals surface area contributed by atoms with E-state index in [1.54, 1.807) is 6.08 Å². The molecule has 0 saturated heterocycles. The van der Waals surface area contributed by atoms with Gasteiger partial charge in [0.1, 0.15) is 0 Å². The highest BCUT2D eigenvalue weighted by atomic mass is 32.1. The van der Waals surface area contributed by atoms with Crippen molar-refractivity contribution in [2.75, 3.05) is 0 Å². The van der Waals surface area contributed by atoms with Crippen LogP contribution in [-0.2, 0) is 4.79 Å². The summed E-state index contributed by atoms with van der Waals surface area (Å²) in [6.07, 6.45) is 3.71. The van der Waals surface area contributed by atoms with E-state index < -0.39 is 5.92 Å². The summed E-state index contributed by atoms with van der Waals surface area (Å²) < 4.78 is 0. The molecule has 0 spiro atoms. The Hall–Kier alpha value is -1.06. The summed E-state index contributed by atoms with van der Waals surface area (Å²) in [4.78, 5) is 11.9. The van der Waals surface area contributed by atoms with Crippen LogP contribution < -0.4 is 0 Å². The van der Waals surface area contributed by atoms with Crippen LogP contribution in [0.5, 0.6) is 0 Å². The SMILES string of the molecule is O=C([S])C1C(=S)C=Cc2ccccc21. The maximum Gasteiger partial charge on any atom is 0.231 e. The number of carbonyl (C=O) groups excluding carboxylic acids is 1. The lowest BCUT2D eigenvalue weighted by molar-refractivity contribution is -0.110. The van der Waals surface area contributed by atoms with Crippen molar-refractivity contribution >= 4 is 40.9 Å². The van der Waals surface area contributed by atoms with E-state index in [-0.39, 0.29) is 5.12 Å². The van der Waals surface area contributed by atoms with E-state index in [1.807, 2.05) is 30.3 Å². The number of fused-ring (bicyclic) bond motifs is 1. The molecule has 0 amide bonds. The van der Waals surface area contributed by atoms with Gasteiger partial charge in [-0.25, -0.2) is 0 Å². The minimum Gasteiger partial charge on any atom is -0.281 e. The van der Waals surface area contributed by atoms with Gasteiger partial charge in [-0.05, 0) is 29.8 Å². The van der Waals surface area contributed by atoms with E-state index in [2.05, 4.69) is 0 Å². The zero-order valence-electron chi connectivity index (χ0n) is 7.27. The average Bonchev–Trinajstić information content (AvgIpc) is 2.17. The van der Waals surface area contributed by atoms with E-state index in [1.165, 1.54) is 0 Å². The van der Waals surface area contributed by atoms with Gasteiger partial charge in [0.2, 0.25) is 5.12 Å². The van der Waals surface area contributed by atoms with Crippen molar-refractivity contribution in [3.8, 4) is 0 Å². The Morgan fingerprint density at radius 3 is 2.64 bits per heavy atom. The van der Waals surface area contributed by atoms with Crippen molar-refractivity contribution in [1.82, 2.24) is 0 Å². The van der Waals surface area contributed by atoms with E-state index in [0.717, 1.165) is 11.1 Å². The standard InChI is InChI=1S/C11H7OS2/c12-11(14)10-8-4-2-1-3-7(8)5-6-9(10)13/h1-6,10H. The summed E-state index contributed by atoms with van der Waals surface area (Å²) in [5.74, 6) is -0.402. The molecular weight excluding hydrogens is 212 g/mol. The number of benzene rings is 1. The summed E-state index contributed by atoms with van der Waals surface area (Å²) in [6, 6.07) is 7.69. The normalized spacial score (nSPS) is 19.1. The summed E-state index contributed by atoms with van der Waals surface area (Å²) in [5.41, 5.74) is 1.96. The monoisotopic (exact) mass is 219 g/mol. The number of hydrogen-bond donors (Lipinski definition) is 0. The van der Waals surface area contributed by atoms with Gasteiger partial charge < -0.3 is 0 Å². The Morgan fingerprint density at radius 1 is 1.21 bits per heavy atom. The molecule has 69 valence electrons. The third-order valence-electron chi connectivity index (χ3n) is 2.25. The highest BCUT2D eigenvalue weighted by molar-refractivity contribution is 7.97. The van der Waals surface area contributed by atoms with Crippen LogP contribution in [0.25, 0.3) is 6.08 Å². The van der Waals surface area contributed by atoms with Crippen molar-refractivity contribution in [2.24, 2.45) is 0 Å². The average molecular weight is 219 g/mol. The predicted molar refractivity (Wildman–Crippen MR) is 63.4 cm³/mol. The minimum atomic E-state index is -0.402. The van der Waals surface area contributed by atoms with Gasteiger partial charge in [0.15, 0.2) is 0 Å². The van der Waals surface area contributed by atoms with E-state index in [0.29, 0.717) is 4.86 Å². The molecule has 1 radical (unpaired) electrons. The first kappa shape index (κ1) is 9.49. The second kappa shape index (κ2) is 3.59. The third kappa shape index (κ3) is 1.49. The summed E-state index contributed by atoms with van der Waals surface area (Å²) in [5, 5.41) is -0.299. The molecule has 1 aromatic carbocycles. The third-order valence-corrected chi connectivity index (χ3v) is 2.86. The van der Waals surface area contributed by atoms with Crippen LogP contribution in [0.4, 0.5) is 0 Å². The Kier molecular flexibility index (Phi) is 2.44. The number of hydrogen-bond acceptors (Lipinski definition) is 2. The topological polar surface area (TPSA) is 17.1 Å². The first-order valence-corrected chi connectivity index (χ1v) is 5.03. The van der Waals surface area contributed by atoms with Crippen LogP contribution in [0.15, 0.2) is 30.3 Å². The molecule has 1 atom stereocenters. The molecule has 1 nitrogen and oxygen atoms in total. The largest absolute Gasteiger partial charge is 0.281 e. The van der Waals surface area contributed by atoms with Gasteiger partial charge in [0.25, 0.3) is 0 Å². The Bertz CT molecular complexity index is 435. The van der Waals surface area contributed by atoms with E-state index in [4.69, 9.17) is 24.8 Å². The van der Waals surface area contributed by atoms with E-state index >= 15 is 0 Å². The van der Waals surface area contributed by atoms with Crippen molar-refractivity contribution in [3.05, 3.63) is 41.5 Å². The lowest BCUT2D eigenvalue weighted by atomic mass is 9.88. The number of carbonyl (C=O) groups is 1. The highest BCUT2D eigenvalue weighted by Crippen LogP contribution is 2.29. The molecule has 3 heteroatoms. The zero-order chi connectivity index (χ0) is 10.1. The number of rotatable bonds is 1. The molecule has 0 aliphatic heterocycles. The van der Waals surface area contributed by atoms with Gasteiger partial charge in [0.05, 0.1) is 5.92 Å². The van der Waals surface area contributed by atoms with Crippen LogP contribution in [0.2, 0.25) is 0 Å². The quantitative estimate of drug-likeness (QED) is 0.676. The molecule has 0 aromatic heterocycles. The van der Waals surface area contributed by atoms with Crippen LogP contribution in [0, 0.1) is 0 Å². The van der Waals surface area contributed by atoms with Gasteiger partial charge in [-0.1, -0.05) is 42.6 Å². The molecule has 1 aliphatic carbocycles. The fourth-order valence-corrected chi connectivity index (χ4v) is 2.22. The molecule has 0 fully saturated rings. The second-order valence-corrected chi connectivity index (χ2v) is 3.99. The molecule has 14 heavy (non-hydrogen) atoms. The van der Waals surface area contributed by atoms with Gasteiger partial charge in [-0.3, -0.25) is 4.79 Å². The maximum absolute atomic E-state index is 11.3. The molecule has 1 unspecified atom stereocenters. The van der Waals surface area contributed by atoms with Crippen molar-refractivity contribution < 1.29 is 4.79 Å². The molecule has 0 N–H and O–H groups in total. The van der Waals surface area contributed by atoms with Crippen molar-refractivity contribution in [3.63, 3.8) is 0 Å². The molecular formula is C11H7OS2. The molecule has 0 saturated carbocycles. The second-order valence-electron chi connectivity index (χ2n) is 3.12. The first-order chi connectivity index (χ1) is 6.70. The summed E-state index contributed by atoms with van der Waals surface area (Å²) in [6.45, 7) is 0. The molecule has 0 heterocycles. The van der Waals surface area contributed by atoms with Gasteiger partial charge in [0, 0.05) is 4.86 Å². The van der Waals surface area contributed by atoms with E-state index in [9.17, 15) is 4.79 Å². The number of thiocarbonyl (C=S) groups is 1. The lowest BCUT2D eigenvalue weighted by Gasteiger charge is -2.18. The first-order valence-electron chi connectivity index (χ1n) is 4.22. The summed E-state index contributed by atoms with van der Waals surface area (Å²) >= 11 is 9.80. The summed E-state index contributed by atoms with van der Waals surface area (Å²) in [7, 11) is 0. The van der Waals surface area contributed by atoms with Gasteiger partial charge in [-0.2, -0.15) is 0 Å². The smallest absolute Gasteiger partial charge is 0.231 e. The van der Waals surface area contributed by atoms with Crippen LogP contribution in [0.1, 0.15) is 17.0 Å². The highest BCUT2D eigenvalue weighted by Gasteiger charge is 2.26. The van der Waals surface area contributed by atoms with Crippen molar-refractivity contribution in [2.45, 2.75) is 5.92 Å². The van der Waals surface area contributed by atoms with Gasteiger partial charge in [-0.15, -0.1) is 0 Å².